The molecule has 0 aliphatic carbocycles. The van der Waals surface area contributed by atoms with Gasteiger partial charge in [0.15, 0.2) is 22.3 Å². The third-order valence-electron chi connectivity index (χ3n) is 5.11. The highest BCUT2D eigenvalue weighted by Gasteiger charge is 2.24. The van der Waals surface area contributed by atoms with Gasteiger partial charge < -0.3 is 30.9 Å². The van der Waals surface area contributed by atoms with Crippen LogP contribution >= 0.6 is 22.9 Å². The molecule has 0 saturated heterocycles. The van der Waals surface area contributed by atoms with E-state index in [4.69, 9.17) is 16.3 Å². The molecule has 2 heterocycles. The third kappa shape index (κ3) is 5.88. The maximum absolute atomic E-state index is 12.9. The number of nitrogens with zero attached hydrogens (tertiary/aromatic N) is 2. The summed E-state index contributed by atoms with van der Waals surface area (Å²) in [6.45, 7) is 3.16. The number of phenols is 2. The first-order valence-corrected chi connectivity index (χ1v) is 12.4. The van der Waals surface area contributed by atoms with E-state index in [1.54, 1.807) is 36.6 Å². The van der Waals surface area contributed by atoms with E-state index in [0.717, 1.165) is 5.56 Å². The SMILES string of the molecule is CCOC(=O)c1c(NC(=O)Nc2ccc(O)c(O)c2)cc(Cl)n1-c1ccc(-c2csc(NC(C)=O)n2)cc1. The van der Waals surface area contributed by atoms with Gasteiger partial charge in [0.05, 0.1) is 18.0 Å². The number of urea groups is 1. The lowest BCUT2D eigenvalue weighted by Crippen LogP contribution is -2.21. The molecule has 2 aromatic heterocycles. The first kappa shape index (κ1) is 26.5. The van der Waals surface area contributed by atoms with Crippen LogP contribution in [0, 0.1) is 0 Å². The molecule has 0 aliphatic heterocycles. The second-order valence-electron chi connectivity index (χ2n) is 7.83. The largest absolute Gasteiger partial charge is 0.504 e. The molecule has 0 atom stereocenters. The summed E-state index contributed by atoms with van der Waals surface area (Å²) in [6.07, 6.45) is 0. The number of nitrogens with one attached hydrogen (secondary N) is 3. The molecule has 0 saturated carbocycles. The molecule has 2 aromatic carbocycles. The van der Waals surface area contributed by atoms with Crippen molar-refractivity contribution in [2.75, 3.05) is 22.6 Å². The van der Waals surface area contributed by atoms with Crippen molar-refractivity contribution in [2.45, 2.75) is 13.8 Å². The first-order valence-electron chi connectivity index (χ1n) is 11.2. The van der Waals surface area contributed by atoms with Crippen LogP contribution in [0.25, 0.3) is 16.9 Å². The number of anilines is 3. The van der Waals surface area contributed by atoms with E-state index < -0.39 is 17.7 Å². The number of aromatic hydroxyl groups is 2. The predicted molar refractivity (Wildman–Crippen MR) is 145 cm³/mol. The van der Waals surface area contributed by atoms with E-state index in [0.29, 0.717) is 16.5 Å². The Hall–Kier alpha value is -4.55. The van der Waals surface area contributed by atoms with Gasteiger partial charge in [-0.05, 0) is 31.2 Å². The standard InChI is InChI=1S/C25H22ClN5O6S/c1-3-37-23(35)22-17(29-24(36)28-15-6-9-19(33)20(34)10-15)11-21(26)31(22)16-7-4-14(5-8-16)18-12-38-25(30-18)27-13(2)32/h4-12,33-34H,3H2,1-2H3,(H,27,30,32)(H2,28,29,36). The lowest BCUT2D eigenvalue weighted by molar-refractivity contribution is -0.114. The van der Waals surface area contributed by atoms with Gasteiger partial charge in [-0.2, -0.15) is 0 Å². The van der Waals surface area contributed by atoms with E-state index in [1.807, 2.05) is 0 Å². The molecule has 0 spiro atoms. The molecular formula is C25H22ClN5O6S. The van der Waals surface area contributed by atoms with Gasteiger partial charge in [0.2, 0.25) is 5.91 Å². The van der Waals surface area contributed by atoms with Crippen LogP contribution < -0.4 is 16.0 Å². The van der Waals surface area contributed by atoms with Crippen molar-refractivity contribution in [3.8, 4) is 28.4 Å². The quantitative estimate of drug-likeness (QED) is 0.115. The number of hydrogen-bond acceptors (Lipinski definition) is 8. The molecule has 0 bridgehead atoms. The number of halogens is 1. The number of esters is 1. The molecule has 0 unspecified atom stereocenters. The van der Waals surface area contributed by atoms with Gasteiger partial charge in [-0.1, -0.05) is 23.7 Å². The first-order chi connectivity index (χ1) is 18.2. The lowest BCUT2D eigenvalue weighted by Gasteiger charge is -2.13. The summed E-state index contributed by atoms with van der Waals surface area (Å²) >= 11 is 7.79. The van der Waals surface area contributed by atoms with Gasteiger partial charge in [-0.25, -0.2) is 14.6 Å². The fraction of sp³-hybridized carbons (Fsp3) is 0.120. The Kier molecular flexibility index (Phi) is 7.84. The zero-order valence-corrected chi connectivity index (χ0v) is 21.7. The third-order valence-corrected chi connectivity index (χ3v) is 6.15. The van der Waals surface area contributed by atoms with Crippen molar-refractivity contribution >= 4 is 57.4 Å². The minimum absolute atomic E-state index is 0.00472. The smallest absolute Gasteiger partial charge is 0.357 e. The fourth-order valence-electron chi connectivity index (χ4n) is 3.51. The van der Waals surface area contributed by atoms with E-state index in [9.17, 15) is 24.6 Å². The van der Waals surface area contributed by atoms with Gasteiger partial charge in [-0.15, -0.1) is 11.3 Å². The Morgan fingerprint density at radius 1 is 1.03 bits per heavy atom. The molecule has 38 heavy (non-hydrogen) atoms. The van der Waals surface area contributed by atoms with Gasteiger partial charge in [0, 0.05) is 41.4 Å². The van der Waals surface area contributed by atoms with Crippen LogP contribution in [0.3, 0.4) is 0 Å². The number of benzene rings is 2. The van der Waals surface area contributed by atoms with E-state index in [-0.39, 0.29) is 40.5 Å². The van der Waals surface area contributed by atoms with Crippen molar-refractivity contribution in [1.29, 1.82) is 0 Å². The second kappa shape index (κ2) is 11.2. The molecular weight excluding hydrogens is 534 g/mol. The Bertz CT molecular complexity index is 1520. The average molecular weight is 556 g/mol. The van der Waals surface area contributed by atoms with Crippen LogP contribution in [-0.4, -0.2) is 44.3 Å². The summed E-state index contributed by atoms with van der Waals surface area (Å²) in [5.41, 5.74) is 2.26. The van der Waals surface area contributed by atoms with Crippen molar-refractivity contribution < 1.29 is 29.3 Å². The molecule has 196 valence electrons. The molecule has 3 amide bonds. The lowest BCUT2D eigenvalue weighted by atomic mass is 10.1. The highest BCUT2D eigenvalue weighted by molar-refractivity contribution is 7.14. The Morgan fingerprint density at radius 3 is 2.42 bits per heavy atom. The van der Waals surface area contributed by atoms with Crippen molar-refractivity contribution in [2.24, 2.45) is 0 Å². The normalized spacial score (nSPS) is 10.6. The van der Waals surface area contributed by atoms with Gasteiger partial charge in [0.1, 0.15) is 5.15 Å². The van der Waals surface area contributed by atoms with E-state index >= 15 is 0 Å². The number of amides is 3. The van der Waals surface area contributed by atoms with Gasteiger partial charge >= 0.3 is 12.0 Å². The zero-order chi connectivity index (χ0) is 27.4. The summed E-state index contributed by atoms with van der Waals surface area (Å²) in [4.78, 5) is 41.2. The monoisotopic (exact) mass is 555 g/mol. The topological polar surface area (TPSA) is 155 Å². The van der Waals surface area contributed by atoms with Crippen molar-refractivity contribution in [1.82, 2.24) is 9.55 Å². The van der Waals surface area contributed by atoms with Crippen molar-refractivity contribution in [3.63, 3.8) is 0 Å². The molecule has 4 aromatic rings. The Morgan fingerprint density at radius 2 is 1.76 bits per heavy atom. The average Bonchev–Trinajstić information content (AvgIpc) is 3.45. The van der Waals surface area contributed by atoms with Crippen LogP contribution in [0.4, 0.5) is 21.3 Å². The maximum Gasteiger partial charge on any atom is 0.357 e. The summed E-state index contributed by atoms with van der Waals surface area (Å²) in [5.74, 6) is -1.66. The fourth-order valence-corrected chi connectivity index (χ4v) is 4.57. The summed E-state index contributed by atoms with van der Waals surface area (Å²) in [7, 11) is 0. The molecule has 0 fully saturated rings. The number of phenolic OH excluding ortho intramolecular Hbond substituents is 2. The van der Waals surface area contributed by atoms with Crippen LogP contribution in [0.15, 0.2) is 53.9 Å². The van der Waals surface area contributed by atoms with E-state index in [1.165, 1.54) is 47.1 Å². The number of ether oxygens (including phenoxy) is 1. The summed E-state index contributed by atoms with van der Waals surface area (Å²) < 4.78 is 6.65. The van der Waals surface area contributed by atoms with Crippen LogP contribution in [-0.2, 0) is 9.53 Å². The number of thiazole rings is 1. The number of carbonyl (C=O) groups is 3. The van der Waals surface area contributed by atoms with Gasteiger partial charge in [0.25, 0.3) is 0 Å². The zero-order valence-electron chi connectivity index (χ0n) is 20.1. The molecule has 11 nitrogen and oxygen atoms in total. The van der Waals surface area contributed by atoms with Crippen LogP contribution in [0.2, 0.25) is 5.15 Å². The van der Waals surface area contributed by atoms with E-state index in [2.05, 4.69) is 20.9 Å². The highest BCUT2D eigenvalue weighted by Crippen LogP contribution is 2.32. The maximum atomic E-state index is 12.9. The molecule has 5 N–H and O–H groups in total. The minimum Gasteiger partial charge on any atom is -0.504 e. The summed E-state index contributed by atoms with van der Waals surface area (Å²) in [6, 6.07) is 11.5. The molecule has 0 radical (unpaired) electrons. The molecule has 13 heteroatoms. The molecule has 4 rings (SSSR count). The Balaban J connectivity index is 1.62. The number of aromatic nitrogens is 2. The summed E-state index contributed by atoms with van der Waals surface area (Å²) in [5, 5.41) is 29.2. The second-order valence-corrected chi connectivity index (χ2v) is 9.08. The number of rotatable bonds is 7. The van der Waals surface area contributed by atoms with Crippen LogP contribution in [0.5, 0.6) is 11.5 Å². The number of hydrogen-bond donors (Lipinski definition) is 5. The van der Waals surface area contributed by atoms with Crippen LogP contribution in [0.1, 0.15) is 24.3 Å². The molecule has 0 aliphatic rings. The predicted octanol–water partition coefficient (Wildman–Crippen LogP) is 5.44. The minimum atomic E-state index is -0.719. The van der Waals surface area contributed by atoms with Gasteiger partial charge in [-0.3, -0.25) is 9.36 Å². The van der Waals surface area contributed by atoms with Crippen molar-refractivity contribution in [3.05, 3.63) is 64.8 Å². The Labute approximate surface area is 225 Å². The number of carbonyl (C=O) groups excluding carboxylic acids is 3. The highest BCUT2D eigenvalue weighted by atomic mass is 35.5.